The Labute approximate surface area is 156 Å². The summed E-state index contributed by atoms with van der Waals surface area (Å²) in [6.07, 6.45) is 0.317. The Morgan fingerprint density at radius 1 is 1.36 bits per heavy atom. The van der Waals surface area contributed by atoms with Crippen LogP contribution in [0.15, 0.2) is 29.1 Å². The molecule has 2 heterocycles. The summed E-state index contributed by atoms with van der Waals surface area (Å²) >= 11 is 7.57. The molecule has 0 radical (unpaired) electrons. The zero-order chi connectivity index (χ0) is 18.0. The zero-order valence-corrected chi connectivity index (χ0v) is 16.0. The van der Waals surface area contributed by atoms with E-state index in [1.54, 1.807) is 4.57 Å². The fourth-order valence-corrected chi connectivity index (χ4v) is 4.34. The summed E-state index contributed by atoms with van der Waals surface area (Å²) in [7, 11) is 0. The summed E-state index contributed by atoms with van der Waals surface area (Å²) in [6, 6.07) is 7.58. The van der Waals surface area contributed by atoms with Crippen LogP contribution in [0.2, 0.25) is 5.02 Å². The van der Waals surface area contributed by atoms with Gasteiger partial charge in [-0.2, -0.15) is 0 Å². The molecule has 0 spiro atoms. The summed E-state index contributed by atoms with van der Waals surface area (Å²) in [5, 5.41) is 4.01. The number of nitrogens with zero attached hydrogens (tertiary/aromatic N) is 2. The van der Waals surface area contributed by atoms with Gasteiger partial charge < -0.3 is 14.8 Å². The maximum Gasteiger partial charge on any atom is 0.307 e. The molecule has 1 aromatic heterocycles. The number of aryl methyl sites for hydroxylation is 1. The lowest BCUT2D eigenvalue weighted by Crippen LogP contribution is -2.49. The first-order valence-electron chi connectivity index (χ1n) is 8.40. The van der Waals surface area contributed by atoms with E-state index in [4.69, 9.17) is 11.6 Å². The van der Waals surface area contributed by atoms with Crippen molar-refractivity contribution in [2.24, 2.45) is 0 Å². The number of hydrogen-bond donors (Lipinski definition) is 1. The van der Waals surface area contributed by atoms with Crippen molar-refractivity contribution >= 4 is 28.8 Å². The molecule has 1 amide bonds. The Hall–Kier alpha value is -1.63. The quantitative estimate of drug-likeness (QED) is 0.888. The predicted molar refractivity (Wildman–Crippen MR) is 101 cm³/mol. The second kappa shape index (κ2) is 7.72. The van der Waals surface area contributed by atoms with Crippen molar-refractivity contribution in [3.05, 3.63) is 55.1 Å². The van der Waals surface area contributed by atoms with Gasteiger partial charge in [-0.15, -0.1) is 0 Å². The van der Waals surface area contributed by atoms with Crippen LogP contribution in [0, 0.1) is 13.8 Å². The number of hydrogen-bond acceptors (Lipinski definition) is 4. The van der Waals surface area contributed by atoms with Crippen LogP contribution < -0.4 is 10.2 Å². The Bertz CT molecular complexity index is 830. The van der Waals surface area contributed by atoms with Gasteiger partial charge >= 0.3 is 4.87 Å². The van der Waals surface area contributed by atoms with E-state index in [0.29, 0.717) is 31.1 Å². The molecule has 1 fully saturated rings. The number of aromatic nitrogens is 1. The second-order valence-corrected chi connectivity index (χ2v) is 7.81. The van der Waals surface area contributed by atoms with Gasteiger partial charge in [-0.1, -0.05) is 41.1 Å². The van der Waals surface area contributed by atoms with E-state index >= 15 is 0 Å². The molecule has 3 rings (SSSR count). The normalized spacial score (nSPS) is 17.7. The number of thiazole rings is 1. The molecule has 1 saturated heterocycles. The summed E-state index contributed by atoms with van der Waals surface area (Å²) in [5.41, 5.74) is 1.91. The van der Waals surface area contributed by atoms with E-state index < -0.39 is 0 Å². The van der Waals surface area contributed by atoms with Crippen LogP contribution in [0.25, 0.3) is 0 Å². The van der Waals surface area contributed by atoms with Gasteiger partial charge in [0.15, 0.2) is 0 Å². The fraction of sp³-hybridized carbons (Fsp3) is 0.444. The number of amides is 1. The van der Waals surface area contributed by atoms with E-state index in [0.717, 1.165) is 22.7 Å². The molecule has 0 saturated carbocycles. The standard InChI is InChI=1S/C18H22ClN3O2S/c1-12-13(2)25-18(24)21(12)9-7-17(23)22-10-8-20-11-16(22)14-5-3-4-6-15(14)19/h3-6,16,20H,7-11H2,1-2H3. The molecule has 1 unspecified atom stereocenters. The first-order valence-corrected chi connectivity index (χ1v) is 9.60. The molecule has 5 nitrogen and oxygen atoms in total. The predicted octanol–water partition coefficient (Wildman–Crippen LogP) is 2.74. The molecule has 2 aromatic rings. The third-order valence-corrected chi connectivity index (χ3v) is 6.09. The van der Waals surface area contributed by atoms with Gasteiger partial charge in [0.2, 0.25) is 5.91 Å². The highest BCUT2D eigenvalue weighted by atomic mass is 35.5. The lowest BCUT2D eigenvalue weighted by molar-refractivity contribution is -0.134. The largest absolute Gasteiger partial charge is 0.333 e. The van der Waals surface area contributed by atoms with Gasteiger partial charge in [0, 0.05) is 48.2 Å². The van der Waals surface area contributed by atoms with Gasteiger partial charge in [0.1, 0.15) is 0 Å². The molecule has 1 N–H and O–H groups in total. The summed E-state index contributed by atoms with van der Waals surface area (Å²) in [5.74, 6) is 0.0570. The summed E-state index contributed by atoms with van der Waals surface area (Å²) < 4.78 is 1.70. The van der Waals surface area contributed by atoms with Crippen molar-refractivity contribution in [3.63, 3.8) is 0 Å². The Balaban J connectivity index is 1.75. The lowest BCUT2D eigenvalue weighted by atomic mass is 10.0. The first kappa shape index (κ1) is 18.2. The highest BCUT2D eigenvalue weighted by Crippen LogP contribution is 2.29. The Morgan fingerprint density at radius 3 is 2.80 bits per heavy atom. The molecular formula is C18H22ClN3O2S. The van der Waals surface area contributed by atoms with Crippen LogP contribution in [0.3, 0.4) is 0 Å². The molecule has 0 bridgehead atoms. The van der Waals surface area contributed by atoms with Crippen LogP contribution in [0.1, 0.15) is 28.6 Å². The number of carbonyl (C=O) groups is 1. The van der Waals surface area contributed by atoms with Gasteiger partial charge in [-0.05, 0) is 25.5 Å². The lowest BCUT2D eigenvalue weighted by Gasteiger charge is -2.37. The highest BCUT2D eigenvalue weighted by molar-refractivity contribution is 7.09. The first-order chi connectivity index (χ1) is 12.0. The van der Waals surface area contributed by atoms with Crippen molar-refractivity contribution in [2.75, 3.05) is 19.6 Å². The monoisotopic (exact) mass is 379 g/mol. The minimum Gasteiger partial charge on any atom is -0.333 e. The molecule has 1 aliphatic heterocycles. The zero-order valence-electron chi connectivity index (χ0n) is 14.4. The summed E-state index contributed by atoms with van der Waals surface area (Å²) in [6.45, 7) is 6.38. The van der Waals surface area contributed by atoms with Gasteiger partial charge in [0.25, 0.3) is 0 Å². The van der Waals surface area contributed by atoms with Crippen molar-refractivity contribution < 1.29 is 4.79 Å². The molecule has 134 valence electrons. The van der Waals surface area contributed by atoms with Crippen LogP contribution in [-0.2, 0) is 11.3 Å². The maximum atomic E-state index is 12.8. The number of nitrogens with one attached hydrogen (secondary N) is 1. The molecule has 1 aliphatic rings. The SMILES string of the molecule is Cc1sc(=O)n(CCC(=O)N2CCNCC2c2ccccc2Cl)c1C. The topological polar surface area (TPSA) is 54.3 Å². The van der Waals surface area contributed by atoms with E-state index in [1.165, 1.54) is 11.3 Å². The average Bonchev–Trinajstić information content (AvgIpc) is 2.85. The number of piperazine rings is 1. The average molecular weight is 380 g/mol. The van der Waals surface area contributed by atoms with Crippen molar-refractivity contribution in [1.82, 2.24) is 14.8 Å². The van der Waals surface area contributed by atoms with Crippen LogP contribution in [0.4, 0.5) is 0 Å². The third kappa shape index (κ3) is 3.81. The van der Waals surface area contributed by atoms with Crippen LogP contribution in [0.5, 0.6) is 0 Å². The Morgan fingerprint density at radius 2 is 2.12 bits per heavy atom. The molecule has 25 heavy (non-hydrogen) atoms. The second-order valence-electron chi connectivity index (χ2n) is 6.24. The number of rotatable bonds is 4. The van der Waals surface area contributed by atoms with Crippen molar-refractivity contribution in [3.8, 4) is 0 Å². The van der Waals surface area contributed by atoms with Crippen molar-refractivity contribution in [1.29, 1.82) is 0 Å². The fourth-order valence-electron chi connectivity index (χ4n) is 3.22. The highest BCUT2D eigenvalue weighted by Gasteiger charge is 2.29. The molecule has 0 aliphatic carbocycles. The van der Waals surface area contributed by atoms with Gasteiger partial charge in [-0.25, -0.2) is 0 Å². The van der Waals surface area contributed by atoms with E-state index in [2.05, 4.69) is 5.32 Å². The minimum absolute atomic E-state index is 0.00534. The minimum atomic E-state index is -0.0722. The Kier molecular flexibility index (Phi) is 5.61. The third-order valence-electron chi connectivity index (χ3n) is 4.75. The van der Waals surface area contributed by atoms with Gasteiger partial charge in [0.05, 0.1) is 6.04 Å². The van der Waals surface area contributed by atoms with Crippen LogP contribution >= 0.6 is 22.9 Å². The van der Waals surface area contributed by atoms with E-state index in [9.17, 15) is 9.59 Å². The van der Waals surface area contributed by atoms with Crippen LogP contribution in [-0.4, -0.2) is 35.0 Å². The molecule has 7 heteroatoms. The van der Waals surface area contributed by atoms with Crippen molar-refractivity contribution in [2.45, 2.75) is 32.9 Å². The van der Waals surface area contributed by atoms with E-state index in [-0.39, 0.29) is 16.8 Å². The van der Waals surface area contributed by atoms with E-state index in [1.807, 2.05) is 43.0 Å². The number of benzene rings is 1. The number of halogens is 1. The molecular weight excluding hydrogens is 358 g/mol. The summed E-state index contributed by atoms with van der Waals surface area (Å²) in [4.78, 5) is 27.7. The maximum absolute atomic E-state index is 12.8. The molecule has 1 aromatic carbocycles. The number of carbonyl (C=O) groups excluding carboxylic acids is 1. The van der Waals surface area contributed by atoms with Gasteiger partial charge in [-0.3, -0.25) is 9.59 Å². The molecule has 1 atom stereocenters. The smallest absolute Gasteiger partial charge is 0.307 e.